The molecule has 1 fully saturated rings. The molecule has 1 aliphatic heterocycles. The molecule has 1 N–H and O–H groups in total. The van der Waals surface area contributed by atoms with Crippen molar-refractivity contribution in [3.8, 4) is 5.75 Å². The van der Waals surface area contributed by atoms with Gasteiger partial charge in [-0.3, -0.25) is 4.90 Å². The van der Waals surface area contributed by atoms with Crippen molar-refractivity contribution < 1.29 is 9.50 Å². The van der Waals surface area contributed by atoms with Gasteiger partial charge in [0.15, 0.2) is 0 Å². The van der Waals surface area contributed by atoms with Crippen LogP contribution in [0.4, 0.5) is 4.39 Å². The number of aromatic hydroxyl groups is 1. The largest absolute Gasteiger partial charge is 0.508 e. The van der Waals surface area contributed by atoms with Crippen molar-refractivity contribution in [2.24, 2.45) is 0 Å². The van der Waals surface area contributed by atoms with E-state index in [-0.39, 0.29) is 17.6 Å². The number of benzene rings is 1. The van der Waals surface area contributed by atoms with E-state index in [2.05, 4.69) is 11.8 Å². The van der Waals surface area contributed by atoms with Gasteiger partial charge in [0.2, 0.25) is 0 Å². The van der Waals surface area contributed by atoms with E-state index in [0.717, 1.165) is 13.1 Å². The number of hydrogen-bond donors (Lipinski definition) is 1. The van der Waals surface area contributed by atoms with Gasteiger partial charge in [-0.25, -0.2) is 4.39 Å². The van der Waals surface area contributed by atoms with E-state index in [1.54, 1.807) is 12.1 Å². The first-order chi connectivity index (χ1) is 8.68. The second-order valence-electron chi connectivity index (χ2n) is 5.19. The molecule has 3 heteroatoms. The fourth-order valence-corrected chi connectivity index (χ4v) is 2.71. The molecule has 1 saturated heterocycles. The van der Waals surface area contributed by atoms with Gasteiger partial charge in [0, 0.05) is 17.7 Å². The normalized spacial score (nSPS) is 20.1. The van der Waals surface area contributed by atoms with Crippen LogP contribution in [0.2, 0.25) is 0 Å². The van der Waals surface area contributed by atoms with Crippen LogP contribution in [0.25, 0.3) is 0 Å². The number of likely N-dealkylation sites (tertiary alicyclic amines) is 1. The number of hydrogen-bond acceptors (Lipinski definition) is 2. The fraction of sp³-hybridized carbons (Fsp3) is 0.600. The standard InChI is InChI=1S/C15H22FNO/c1-12(14-8-7-13(18)11-15(14)16)17-9-5-3-2-4-6-10-17/h7-8,11-12,18H,2-6,9-10H2,1H3. The summed E-state index contributed by atoms with van der Waals surface area (Å²) in [5.41, 5.74) is 0.688. The Hall–Kier alpha value is -1.09. The summed E-state index contributed by atoms with van der Waals surface area (Å²) in [6.07, 6.45) is 6.28. The molecule has 1 unspecified atom stereocenters. The zero-order valence-electron chi connectivity index (χ0n) is 11.0. The van der Waals surface area contributed by atoms with Crippen LogP contribution in [0.3, 0.4) is 0 Å². The van der Waals surface area contributed by atoms with Gasteiger partial charge in [-0.2, -0.15) is 0 Å². The Labute approximate surface area is 108 Å². The first kappa shape index (κ1) is 13.3. The lowest BCUT2D eigenvalue weighted by Crippen LogP contribution is -2.30. The van der Waals surface area contributed by atoms with Gasteiger partial charge >= 0.3 is 0 Å². The Morgan fingerprint density at radius 3 is 2.33 bits per heavy atom. The highest BCUT2D eigenvalue weighted by molar-refractivity contribution is 5.29. The minimum Gasteiger partial charge on any atom is -0.508 e. The zero-order chi connectivity index (χ0) is 13.0. The Bertz CT molecular complexity index is 386. The molecule has 18 heavy (non-hydrogen) atoms. The molecule has 0 bridgehead atoms. The van der Waals surface area contributed by atoms with Crippen LogP contribution < -0.4 is 0 Å². The maximum Gasteiger partial charge on any atom is 0.131 e. The smallest absolute Gasteiger partial charge is 0.131 e. The molecule has 0 saturated carbocycles. The molecule has 2 nitrogen and oxygen atoms in total. The molecule has 100 valence electrons. The number of nitrogens with zero attached hydrogens (tertiary/aromatic N) is 1. The molecule has 1 aromatic carbocycles. The minimum absolute atomic E-state index is 0.00360. The predicted molar refractivity (Wildman–Crippen MR) is 71.1 cm³/mol. The average molecular weight is 251 g/mol. The SMILES string of the molecule is CC(c1ccc(O)cc1F)N1CCCCCCC1. The number of halogens is 1. The van der Waals surface area contributed by atoms with Gasteiger partial charge in [0.25, 0.3) is 0 Å². The van der Waals surface area contributed by atoms with E-state index in [0.29, 0.717) is 5.56 Å². The Morgan fingerprint density at radius 1 is 1.11 bits per heavy atom. The van der Waals surface area contributed by atoms with Crippen LogP contribution in [0, 0.1) is 5.82 Å². The summed E-state index contributed by atoms with van der Waals surface area (Å²) in [6, 6.07) is 4.56. The lowest BCUT2D eigenvalue weighted by Gasteiger charge is -2.31. The number of phenolic OH excluding ortho intramolecular Hbond substituents is 1. The summed E-state index contributed by atoms with van der Waals surface area (Å²) < 4.78 is 13.9. The lowest BCUT2D eigenvalue weighted by atomic mass is 10.0. The first-order valence-electron chi connectivity index (χ1n) is 6.91. The van der Waals surface area contributed by atoms with Crippen LogP contribution in [0.1, 0.15) is 50.6 Å². The number of phenols is 1. The minimum atomic E-state index is -0.301. The van der Waals surface area contributed by atoms with Gasteiger partial charge in [0.1, 0.15) is 11.6 Å². The van der Waals surface area contributed by atoms with Crippen LogP contribution in [0.15, 0.2) is 18.2 Å². The summed E-state index contributed by atoms with van der Waals surface area (Å²) in [6.45, 7) is 4.14. The predicted octanol–water partition coefficient (Wildman–Crippen LogP) is 3.86. The van der Waals surface area contributed by atoms with Gasteiger partial charge in [-0.05, 0) is 38.9 Å². The number of rotatable bonds is 2. The van der Waals surface area contributed by atoms with Crippen LogP contribution >= 0.6 is 0 Å². The summed E-state index contributed by atoms with van der Waals surface area (Å²) in [7, 11) is 0. The molecule has 1 aromatic rings. The van der Waals surface area contributed by atoms with E-state index in [9.17, 15) is 9.50 Å². The second-order valence-corrected chi connectivity index (χ2v) is 5.19. The molecule has 1 aliphatic rings. The molecule has 0 aromatic heterocycles. The van der Waals surface area contributed by atoms with Crippen LogP contribution in [0.5, 0.6) is 5.75 Å². The molecule has 1 heterocycles. The topological polar surface area (TPSA) is 23.5 Å². The summed E-state index contributed by atoms with van der Waals surface area (Å²) in [5, 5.41) is 9.26. The van der Waals surface area contributed by atoms with Gasteiger partial charge in [0.05, 0.1) is 0 Å². The van der Waals surface area contributed by atoms with Crippen LogP contribution in [-0.4, -0.2) is 23.1 Å². The molecule has 0 radical (unpaired) electrons. The molecule has 0 aliphatic carbocycles. The highest BCUT2D eigenvalue weighted by atomic mass is 19.1. The third-order valence-electron chi connectivity index (χ3n) is 3.87. The van der Waals surface area contributed by atoms with Crippen molar-refractivity contribution in [1.29, 1.82) is 0 Å². The van der Waals surface area contributed by atoms with Crippen molar-refractivity contribution in [3.05, 3.63) is 29.6 Å². The second kappa shape index (κ2) is 6.19. The van der Waals surface area contributed by atoms with E-state index < -0.39 is 0 Å². The van der Waals surface area contributed by atoms with Crippen molar-refractivity contribution in [3.63, 3.8) is 0 Å². The summed E-state index contributed by atoms with van der Waals surface area (Å²) >= 11 is 0. The third kappa shape index (κ3) is 3.22. The monoisotopic (exact) mass is 251 g/mol. The molecule has 0 spiro atoms. The molecule has 1 atom stereocenters. The maximum absolute atomic E-state index is 13.9. The summed E-state index contributed by atoms with van der Waals surface area (Å²) in [4.78, 5) is 2.36. The van der Waals surface area contributed by atoms with Crippen molar-refractivity contribution in [1.82, 2.24) is 4.90 Å². The van der Waals surface area contributed by atoms with Crippen molar-refractivity contribution >= 4 is 0 Å². The van der Waals surface area contributed by atoms with Crippen molar-refractivity contribution in [2.45, 2.75) is 45.1 Å². The van der Waals surface area contributed by atoms with E-state index in [4.69, 9.17) is 0 Å². The average Bonchev–Trinajstić information content (AvgIpc) is 2.27. The van der Waals surface area contributed by atoms with Gasteiger partial charge in [-0.15, -0.1) is 0 Å². The van der Waals surface area contributed by atoms with Crippen molar-refractivity contribution in [2.75, 3.05) is 13.1 Å². The highest BCUT2D eigenvalue weighted by Gasteiger charge is 2.19. The summed E-state index contributed by atoms with van der Waals surface area (Å²) in [5.74, 6) is -0.305. The van der Waals surface area contributed by atoms with Gasteiger partial charge in [-0.1, -0.05) is 25.3 Å². The maximum atomic E-state index is 13.9. The third-order valence-corrected chi connectivity index (χ3v) is 3.87. The molecular formula is C15H22FNO. The Kier molecular flexibility index (Phi) is 4.59. The molecule has 2 rings (SSSR count). The zero-order valence-corrected chi connectivity index (χ0v) is 11.0. The van der Waals surface area contributed by atoms with E-state index in [1.165, 1.54) is 38.2 Å². The lowest BCUT2D eigenvalue weighted by molar-refractivity contribution is 0.188. The fourth-order valence-electron chi connectivity index (χ4n) is 2.71. The Balaban J connectivity index is 2.10. The first-order valence-corrected chi connectivity index (χ1v) is 6.91. The molecular weight excluding hydrogens is 229 g/mol. The van der Waals surface area contributed by atoms with E-state index in [1.807, 2.05) is 0 Å². The van der Waals surface area contributed by atoms with Crippen LogP contribution in [-0.2, 0) is 0 Å². The quantitative estimate of drug-likeness (QED) is 0.862. The van der Waals surface area contributed by atoms with E-state index >= 15 is 0 Å². The molecule has 0 amide bonds. The van der Waals surface area contributed by atoms with Gasteiger partial charge < -0.3 is 5.11 Å². The Morgan fingerprint density at radius 2 is 1.72 bits per heavy atom. The highest BCUT2D eigenvalue weighted by Crippen LogP contribution is 2.27.